The van der Waals surface area contributed by atoms with E-state index in [0.29, 0.717) is 13.2 Å². The van der Waals surface area contributed by atoms with E-state index in [-0.39, 0.29) is 18.1 Å². The molecule has 0 radical (unpaired) electrons. The second kappa shape index (κ2) is 8.23. The average molecular weight is 354 g/mol. The number of carbonyl (C=O) groups excluding carboxylic acids is 1. The highest BCUT2D eigenvalue weighted by molar-refractivity contribution is 5.82. The number of ether oxygens (including phenoxy) is 2. The van der Waals surface area contributed by atoms with Crippen LogP contribution in [0.25, 0.3) is 0 Å². The number of para-hydroxylation sites is 2. The van der Waals surface area contributed by atoms with Crippen LogP contribution in [0.4, 0.5) is 0 Å². The number of nitrogens with zero attached hydrogens (tertiary/aromatic N) is 2. The minimum Gasteiger partial charge on any atom is -0.486 e. The van der Waals surface area contributed by atoms with Crippen molar-refractivity contribution >= 4 is 5.91 Å². The first kappa shape index (κ1) is 18.3. The SMILES string of the molecule is CCN(CC1COc2ccccc2O1)C(C(=O)N(C)C)c1ccccc1. The van der Waals surface area contributed by atoms with Gasteiger partial charge in [-0.25, -0.2) is 0 Å². The molecule has 5 nitrogen and oxygen atoms in total. The highest BCUT2D eigenvalue weighted by Gasteiger charge is 2.31. The zero-order valence-corrected chi connectivity index (χ0v) is 15.6. The number of hydrogen-bond acceptors (Lipinski definition) is 4. The Morgan fingerprint density at radius 3 is 2.38 bits per heavy atom. The van der Waals surface area contributed by atoms with Gasteiger partial charge in [0.2, 0.25) is 5.91 Å². The molecular formula is C21H26N2O3. The van der Waals surface area contributed by atoms with Crippen LogP contribution in [0.5, 0.6) is 11.5 Å². The van der Waals surface area contributed by atoms with Gasteiger partial charge in [0.05, 0.1) is 0 Å². The first-order valence-corrected chi connectivity index (χ1v) is 8.98. The van der Waals surface area contributed by atoms with Crippen LogP contribution in [-0.4, -0.2) is 55.6 Å². The summed E-state index contributed by atoms with van der Waals surface area (Å²) in [4.78, 5) is 16.7. The predicted octanol–water partition coefficient (Wildman–Crippen LogP) is 2.98. The Kier molecular flexibility index (Phi) is 5.78. The summed E-state index contributed by atoms with van der Waals surface area (Å²) in [6, 6.07) is 17.3. The normalized spacial score (nSPS) is 17.0. The number of carbonyl (C=O) groups is 1. The first-order valence-electron chi connectivity index (χ1n) is 8.98. The minimum absolute atomic E-state index is 0.0650. The predicted molar refractivity (Wildman–Crippen MR) is 101 cm³/mol. The second-order valence-electron chi connectivity index (χ2n) is 6.63. The fraction of sp³-hybridized carbons (Fsp3) is 0.381. The lowest BCUT2D eigenvalue weighted by molar-refractivity contribution is -0.135. The lowest BCUT2D eigenvalue weighted by atomic mass is 10.0. The molecule has 2 atom stereocenters. The van der Waals surface area contributed by atoms with Crippen molar-refractivity contribution in [2.75, 3.05) is 33.8 Å². The molecule has 2 aromatic carbocycles. The van der Waals surface area contributed by atoms with Crippen molar-refractivity contribution < 1.29 is 14.3 Å². The van der Waals surface area contributed by atoms with E-state index in [1.165, 1.54) is 0 Å². The lowest BCUT2D eigenvalue weighted by Gasteiger charge is -2.35. The summed E-state index contributed by atoms with van der Waals surface area (Å²) in [5.41, 5.74) is 0.991. The molecule has 0 aliphatic carbocycles. The van der Waals surface area contributed by atoms with Gasteiger partial charge >= 0.3 is 0 Å². The molecule has 0 saturated heterocycles. The van der Waals surface area contributed by atoms with Crippen molar-refractivity contribution in [1.82, 2.24) is 9.80 Å². The molecule has 0 N–H and O–H groups in total. The molecule has 1 aliphatic heterocycles. The summed E-state index contributed by atoms with van der Waals surface area (Å²) < 4.78 is 11.9. The van der Waals surface area contributed by atoms with E-state index in [2.05, 4.69) is 11.8 Å². The zero-order chi connectivity index (χ0) is 18.5. The van der Waals surface area contributed by atoms with E-state index in [0.717, 1.165) is 23.6 Å². The van der Waals surface area contributed by atoms with Gasteiger partial charge < -0.3 is 14.4 Å². The van der Waals surface area contributed by atoms with Gasteiger partial charge in [-0.05, 0) is 24.2 Å². The Morgan fingerprint density at radius 1 is 1.08 bits per heavy atom. The number of amides is 1. The molecule has 0 aromatic heterocycles. The molecule has 0 bridgehead atoms. The minimum atomic E-state index is -0.336. The van der Waals surface area contributed by atoms with Crippen LogP contribution in [0.2, 0.25) is 0 Å². The zero-order valence-electron chi connectivity index (χ0n) is 15.6. The van der Waals surface area contributed by atoms with Crippen LogP contribution in [0.1, 0.15) is 18.5 Å². The van der Waals surface area contributed by atoms with Crippen LogP contribution < -0.4 is 9.47 Å². The molecule has 3 rings (SSSR count). The molecule has 138 valence electrons. The van der Waals surface area contributed by atoms with Crippen molar-refractivity contribution in [1.29, 1.82) is 0 Å². The summed E-state index contributed by atoms with van der Waals surface area (Å²) in [5, 5.41) is 0. The number of fused-ring (bicyclic) bond motifs is 1. The molecule has 2 unspecified atom stereocenters. The summed E-state index contributed by atoms with van der Waals surface area (Å²) in [5.74, 6) is 1.60. The summed E-state index contributed by atoms with van der Waals surface area (Å²) >= 11 is 0. The summed E-state index contributed by atoms with van der Waals surface area (Å²) in [7, 11) is 3.59. The molecule has 5 heteroatoms. The third kappa shape index (κ3) is 3.99. The van der Waals surface area contributed by atoms with E-state index in [1.807, 2.05) is 54.6 Å². The number of benzene rings is 2. The quantitative estimate of drug-likeness (QED) is 0.800. The van der Waals surface area contributed by atoms with Crippen molar-refractivity contribution in [3.8, 4) is 11.5 Å². The van der Waals surface area contributed by atoms with Gasteiger partial charge in [-0.1, -0.05) is 49.4 Å². The molecule has 0 spiro atoms. The third-order valence-corrected chi connectivity index (χ3v) is 4.57. The van der Waals surface area contributed by atoms with Gasteiger partial charge in [-0.15, -0.1) is 0 Å². The van der Waals surface area contributed by atoms with Crippen molar-refractivity contribution in [2.45, 2.75) is 19.1 Å². The van der Waals surface area contributed by atoms with Gasteiger partial charge in [0.1, 0.15) is 18.8 Å². The lowest BCUT2D eigenvalue weighted by Crippen LogP contribution is -2.46. The van der Waals surface area contributed by atoms with Crippen LogP contribution in [-0.2, 0) is 4.79 Å². The maximum absolute atomic E-state index is 12.9. The Labute approximate surface area is 155 Å². The van der Waals surface area contributed by atoms with Crippen molar-refractivity contribution in [3.63, 3.8) is 0 Å². The summed E-state index contributed by atoms with van der Waals surface area (Å²) in [6.07, 6.45) is -0.119. The van der Waals surface area contributed by atoms with Gasteiger partial charge in [0.15, 0.2) is 11.5 Å². The highest BCUT2D eigenvalue weighted by Crippen LogP contribution is 2.32. The Morgan fingerprint density at radius 2 is 1.73 bits per heavy atom. The molecular weight excluding hydrogens is 328 g/mol. The van der Waals surface area contributed by atoms with E-state index >= 15 is 0 Å². The average Bonchev–Trinajstić information content (AvgIpc) is 2.68. The Balaban J connectivity index is 1.80. The fourth-order valence-electron chi connectivity index (χ4n) is 3.22. The van der Waals surface area contributed by atoms with E-state index in [4.69, 9.17) is 9.47 Å². The van der Waals surface area contributed by atoms with Crippen LogP contribution in [0.3, 0.4) is 0 Å². The Bertz CT molecular complexity index is 733. The van der Waals surface area contributed by atoms with Crippen LogP contribution in [0.15, 0.2) is 54.6 Å². The van der Waals surface area contributed by atoms with Gasteiger partial charge in [0, 0.05) is 20.6 Å². The molecule has 0 saturated carbocycles. The van der Waals surface area contributed by atoms with Crippen molar-refractivity contribution in [2.24, 2.45) is 0 Å². The van der Waals surface area contributed by atoms with Gasteiger partial charge in [-0.2, -0.15) is 0 Å². The van der Waals surface area contributed by atoms with Gasteiger partial charge in [-0.3, -0.25) is 9.69 Å². The number of likely N-dealkylation sites (N-methyl/N-ethyl adjacent to an activating group) is 2. The largest absolute Gasteiger partial charge is 0.486 e. The highest BCUT2D eigenvalue weighted by atomic mass is 16.6. The molecule has 0 fully saturated rings. The molecule has 26 heavy (non-hydrogen) atoms. The standard InChI is InChI=1S/C21H26N2O3/c1-4-23(14-17-15-25-18-12-8-9-13-19(18)26-17)20(21(24)22(2)3)16-10-6-5-7-11-16/h5-13,17,20H,4,14-15H2,1-3H3. The summed E-state index contributed by atoms with van der Waals surface area (Å²) in [6.45, 7) is 3.90. The Hall–Kier alpha value is -2.53. The third-order valence-electron chi connectivity index (χ3n) is 4.57. The first-order chi connectivity index (χ1) is 12.6. The maximum atomic E-state index is 12.9. The fourth-order valence-corrected chi connectivity index (χ4v) is 3.22. The van der Waals surface area contributed by atoms with Gasteiger partial charge in [0.25, 0.3) is 0 Å². The molecule has 1 heterocycles. The van der Waals surface area contributed by atoms with Crippen LogP contribution >= 0.6 is 0 Å². The molecule has 1 aliphatic rings. The van der Waals surface area contributed by atoms with Crippen LogP contribution in [0, 0.1) is 0 Å². The van der Waals surface area contributed by atoms with E-state index < -0.39 is 0 Å². The molecule has 2 aromatic rings. The smallest absolute Gasteiger partial charge is 0.244 e. The number of hydrogen-bond donors (Lipinski definition) is 0. The molecule has 1 amide bonds. The van der Waals surface area contributed by atoms with Crippen molar-refractivity contribution in [3.05, 3.63) is 60.2 Å². The number of rotatable bonds is 6. The second-order valence-corrected chi connectivity index (χ2v) is 6.63. The topological polar surface area (TPSA) is 42.0 Å². The van der Waals surface area contributed by atoms with E-state index in [9.17, 15) is 4.79 Å². The maximum Gasteiger partial charge on any atom is 0.244 e. The van der Waals surface area contributed by atoms with E-state index in [1.54, 1.807) is 19.0 Å². The monoisotopic (exact) mass is 354 g/mol.